The molecule has 10 heteroatoms. The minimum absolute atomic E-state index is 0.0535. The Morgan fingerprint density at radius 3 is 2.20 bits per heavy atom. The second-order valence-corrected chi connectivity index (χ2v) is 10.2. The highest BCUT2D eigenvalue weighted by atomic mass is 32.2. The van der Waals surface area contributed by atoms with E-state index in [4.69, 9.17) is 0 Å². The Morgan fingerprint density at radius 1 is 1.00 bits per heavy atom. The lowest BCUT2D eigenvalue weighted by Gasteiger charge is -2.38. The summed E-state index contributed by atoms with van der Waals surface area (Å²) in [4.78, 5) is 30.7. The van der Waals surface area contributed by atoms with E-state index < -0.39 is 27.4 Å². The van der Waals surface area contributed by atoms with E-state index in [-0.39, 0.29) is 23.1 Å². The van der Waals surface area contributed by atoms with Gasteiger partial charge < -0.3 is 9.80 Å². The first-order valence-electron chi connectivity index (χ1n) is 10.1. The fourth-order valence-electron chi connectivity index (χ4n) is 3.91. The minimum Gasteiger partial charge on any atom is -0.340 e. The van der Waals surface area contributed by atoms with Gasteiger partial charge in [0.05, 0.1) is 11.3 Å². The van der Waals surface area contributed by atoms with E-state index in [9.17, 15) is 26.8 Å². The molecule has 0 aliphatic carbocycles. The molecule has 2 aliphatic rings. The molecule has 30 heavy (non-hydrogen) atoms. The maximum absolute atomic E-state index is 13.9. The number of hydrogen-bond donors (Lipinski definition) is 0. The second-order valence-electron chi connectivity index (χ2n) is 7.99. The van der Waals surface area contributed by atoms with Crippen LogP contribution in [0.1, 0.15) is 23.2 Å². The number of benzene rings is 1. The molecule has 0 bridgehead atoms. The number of halogens is 2. The van der Waals surface area contributed by atoms with Crippen molar-refractivity contribution in [1.82, 2.24) is 14.7 Å². The number of rotatable bonds is 5. The maximum Gasteiger partial charge on any atom is 0.256 e. The number of carbonyl (C=O) groups is 2. The van der Waals surface area contributed by atoms with Crippen LogP contribution in [0.15, 0.2) is 18.2 Å². The van der Waals surface area contributed by atoms with Crippen molar-refractivity contribution in [2.24, 2.45) is 5.92 Å². The molecule has 0 unspecified atom stereocenters. The highest BCUT2D eigenvalue weighted by Crippen LogP contribution is 2.23. The number of nitrogens with zero attached hydrogens (tertiary/aromatic N) is 3. The lowest BCUT2D eigenvalue weighted by molar-refractivity contribution is -0.138. The summed E-state index contributed by atoms with van der Waals surface area (Å²) in [7, 11) is -3.00. The van der Waals surface area contributed by atoms with Crippen molar-refractivity contribution in [3.63, 3.8) is 0 Å². The van der Waals surface area contributed by atoms with E-state index in [0.717, 1.165) is 12.1 Å². The van der Waals surface area contributed by atoms with Gasteiger partial charge in [-0.15, -0.1) is 0 Å². The Bertz CT molecular complexity index is 893. The smallest absolute Gasteiger partial charge is 0.256 e. The van der Waals surface area contributed by atoms with Crippen LogP contribution in [-0.4, -0.2) is 92.8 Å². The van der Waals surface area contributed by atoms with E-state index in [1.54, 1.807) is 4.90 Å². The predicted molar refractivity (Wildman–Crippen MR) is 108 cm³/mol. The number of sulfone groups is 1. The van der Waals surface area contributed by atoms with Crippen LogP contribution in [0.4, 0.5) is 8.78 Å². The first-order valence-corrected chi connectivity index (χ1v) is 12.1. The van der Waals surface area contributed by atoms with Gasteiger partial charge >= 0.3 is 0 Å². The molecule has 3 rings (SSSR count). The standard InChI is InChI=1S/C20H27F2N3O4S/c1-30(28,29)13-12-23-8-10-25(11-9-23)19(26)15-4-6-24(7-5-15)20(27)17-3-2-16(21)14-18(17)22/h2-3,14-15H,4-13H2,1H3. The second kappa shape index (κ2) is 9.38. The Balaban J connectivity index is 1.47. The van der Waals surface area contributed by atoms with E-state index in [2.05, 4.69) is 0 Å². The predicted octanol–water partition coefficient (Wildman–Crippen LogP) is 1.01. The zero-order valence-electron chi connectivity index (χ0n) is 17.0. The lowest BCUT2D eigenvalue weighted by atomic mass is 9.94. The molecule has 1 aromatic carbocycles. The Labute approximate surface area is 175 Å². The molecule has 0 saturated carbocycles. The average Bonchev–Trinajstić information content (AvgIpc) is 2.71. The van der Waals surface area contributed by atoms with Gasteiger partial charge in [-0.25, -0.2) is 17.2 Å². The van der Waals surface area contributed by atoms with Crippen LogP contribution < -0.4 is 0 Å². The van der Waals surface area contributed by atoms with Crippen molar-refractivity contribution in [3.05, 3.63) is 35.4 Å². The van der Waals surface area contributed by atoms with E-state index in [1.807, 2.05) is 4.90 Å². The van der Waals surface area contributed by atoms with Gasteiger partial charge in [-0.2, -0.15) is 0 Å². The lowest BCUT2D eigenvalue weighted by Crippen LogP contribution is -2.52. The number of likely N-dealkylation sites (tertiary alicyclic amines) is 1. The summed E-state index contributed by atoms with van der Waals surface area (Å²) >= 11 is 0. The molecule has 2 saturated heterocycles. The molecular weight excluding hydrogens is 416 g/mol. The summed E-state index contributed by atoms with van der Waals surface area (Å²) < 4.78 is 49.5. The molecule has 2 amide bonds. The van der Waals surface area contributed by atoms with Gasteiger partial charge in [-0.3, -0.25) is 14.5 Å². The molecule has 2 heterocycles. The van der Waals surface area contributed by atoms with Crippen LogP contribution in [0.5, 0.6) is 0 Å². The summed E-state index contributed by atoms with van der Waals surface area (Å²) in [5.41, 5.74) is -0.161. The van der Waals surface area contributed by atoms with E-state index in [1.165, 1.54) is 11.2 Å². The van der Waals surface area contributed by atoms with Gasteiger partial charge in [-0.1, -0.05) is 0 Å². The van der Waals surface area contributed by atoms with Crippen molar-refractivity contribution in [2.75, 3.05) is 57.8 Å². The zero-order chi connectivity index (χ0) is 21.9. The number of hydrogen-bond acceptors (Lipinski definition) is 5. The summed E-state index contributed by atoms with van der Waals surface area (Å²) in [6.07, 6.45) is 2.22. The molecule has 166 valence electrons. The first kappa shape index (κ1) is 22.6. The summed E-state index contributed by atoms with van der Waals surface area (Å²) in [6.45, 7) is 3.57. The summed E-state index contributed by atoms with van der Waals surface area (Å²) in [6, 6.07) is 2.90. The van der Waals surface area contributed by atoms with Crippen molar-refractivity contribution in [3.8, 4) is 0 Å². The van der Waals surface area contributed by atoms with Gasteiger partial charge in [-0.05, 0) is 25.0 Å². The fraction of sp³-hybridized carbons (Fsp3) is 0.600. The molecule has 7 nitrogen and oxygen atoms in total. The summed E-state index contributed by atoms with van der Waals surface area (Å²) in [5.74, 6) is -2.12. The van der Waals surface area contributed by atoms with E-state index >= 15 is 0 Å². The van der Waals surface area contributed by atoms with Gasteiger partial charge in [0.1, 0.15) is 21.5 Å². The quantitative estimate of drug-likeness (QED) is 0.679. The first-order chi connectivity index (χ1) is 14.1. The molecule has 0 radical (unpaired) electrons. The van der Waals surface area contributed by atoms with Crippen LogP contribution in [0.3, 0.4) is 0 Å². The van der Waals surface area contributed by atoms with Gasteiger partial charge in [0.25, 0.3) is 5.91 Å². The highest BCUT2D eigenvalue weighted by molar-refractivity contribution is 7.90. The van der Waals surface area contributed by atoms with Crippen LogP contribution in [0.2, 0.25) is 0 Å². The molecule has 1 aromatic rings. The fourth-order valence-corrected chi connectivity index (χ4v) is 4.50. The molecular formula is C20H27F2N3O4S. The van der Waals surface area contributed by atoms with Crippen molar-refractivity contribution in [1.29, 1.82) is 0 Å². The number of piperidine rings is 1. The molecule has 0 atom stereocenters. The third kappa shape index (κ3) is 5.75. The van der Waals surface area contributed by atoms with Crippen LogP contribution in [0, 0.1) is 17.6 Å². The van der Waals surface area contributed by atoms with Crippen molar-refractivity contribution in [2.45, 2.75) is 12.8 Å². The third-order valence-electron chi connectivity index (χ3n) is 5.76. The number of carbonyl (C=O) groups excluding carboxylic acids is 2. The monoisotopic (exact) mass is 443 g/mol. The molecule has 2 fully saturated rings. The van der Waals surface area contributed by atoms with Gasteiger partial charge in [0.2, 0.25) is 5.91 Å². The Kier molecular flexibility index (Phi) is 7.07. The SMILES string of the molecule is CS(=O)(=O)CCN1CCN(C(=O)C2CCN(C(=O)c3ccc(F)cc3F)CC2)CC1. The molecule has 0 aromatic heterocycles. The van der Waals surface area contributed by atoms with Crippen LogP contribution in [0.25, 0.3) is 0 Å². The molecule has 0 spiro atoms. The van der Waals surface area contributed by atoms with Crippen LogP contribution in [-0.2, 0) is 14.6 Å². The van der Waals surface area contributed by atoms with Gasteiger partial charge in [0, 0.05) is 64.1 Å². The number of piperazine rings is 1. The minimum atomic E-state index is -3.00. The zero-order valence-corrected chi connectivity index (χ0v) is 17.8. The van der Waals surface area contributed by atoms with Gasteiger partial charge in [0.15, 0.2) is 0 Å². The normalized spacial score (nSPS) is 19.2. The van der Waals surface area contributed by atoms with Crippen molar-refractivity contribution < 1.29 is 26.8 Å². The Hall–Kier alpha value is -2.07. The maximum atomic E-state index is 13.9. The third-order valence-corrected chi connectivity index (χ3v) is 6.68. The highest BCUT2D eigenvalue weighted by Gasteiger charge is 2.32. The molecule has 0 N–H and O–H groups in total. The largest absolute Gasteiger partial charge is 0.340 e. The number of amides is 2. The van der Waals surface area contributed by atoms with Crippen molar-refractivity contribution >= 4 is 21.7 Å². The Morgan fingerprint density at radius 2 is 1.63 bits per heavy atom. The van der Waals surface area contributed by atoms with E-state index in [0.29, 0.717) is 64.7 Å². The average molecular weight is 444 g/mol. The molecule has 2 aliphatic heterocycles. The topological polar surface area (TPSA) is 78.0 Å². The van der Waals surface area contributed by atoms with Crippen LogP contribution >= 0.6 is 0 Å². The summed E-state index contributed by atoms with van der Waals surface area (Å²) in [5, 5.41) is 0.